The van der Waals surface area contributed by atoms with Crippen LogP contribution in [0.2, 0.25) is 0 Å². The predicted octanol–water partition coefficient (Wildman–Crippen LogP) is 2.08. The number of anilines is 1. The summed E-state index contributed by atoms with van der Waals surface area (Å²) < 4.78 is 5.47. The molecule has 4 N–H and O–H groups in total. The Bertz CT molecular complexity index is 536. The molecule has 0 aromatic heterocycles. The Labute approximate surface area is 148 Å². The number of hydrogen-bond acceptors (Lipinski definition) is 4. The molecule has 6 nitrogen and oxygen atoms in total. The molecule has 1 saturated carbocycles. The highest BCUT2D eigenvalue weighted by molar-refractivity contribution is 5.91. The van der Waals surface area contributed by atoms with Crippen molar-refractivity contribution in [2.75, 3.05) is 19.0 Å². The minimum Gasteiger partial charge on any atom is -0.493 e. The van der Waals surface area contributed by atoms with Gasteiger partial charge in [0.25, 0.3) is 0 Å². The number of halogens is 1. The van der Waals surface area contributed by atoms with E-state index in [1.165, 1.54) is 0 Å². The molecule has 1 fully saturated rings. The molecule has 134 valence electrons. The third-order valence-electron chi connectivity index (χ3n) is 4.18. The monoisotopic (exact) mass is 355 g/mol. The molecule has 0 heterocycles. The molecule has 0 spiro atoms. The molecule has 24 heavy (non-hydrogen) atoms. The number of carbonyl (C=O) groups excluding carboxylic acids is 2. The molecule has 1 aliphatic rings. The molecule has 2 rings (SSSR count). The van der Waals surface area contributed by atoms with Crippen LogP contribution >= 0.6 is 12.4 Å². The first kappa shape index (κ1) is 20.3. The first-order valence-electron chi connectivity index (χ1n) is 8.07. The second-order valence-electron chi connectivity index (χ2n) is 5.90. The van der Waals surface area contributed by atoms with Gasteiger partial charge in [0.15, 0.2) is 0 Å². The third kappa shape index (κ3) is 6.37. The van der Waals surface area contributed by atoms with E-state index in [2.05, 4.69) is 10.6 Å². The summed E-state index contributed by atoms with van der Waals surface area (Å²) in [7, 11) is 1.60. The van der Waals surface area contributed by atoms with Gasteiger partial charge in [-0.25, -0.2) is 0 Å². The lowest BCUT2D eigenvalue weighted by molar-refractivity contribution is -0.121. The van der Waals surface area contributed by atoms with E-state index in [1.54, 1.807) is 31.3 Å². The number of rotatable bonds is 7. The van der Waals surface area contributed by atoms with Gasteiger partial charge >= 0.3 is 0 Å². The van der Waals surface area contributed by atoms with Gasteiger partial charge in [0.1, 0.15) is 5.75 Å². The highest BCUT2D eigenvalue weighted by Crippen LogP contribution is 2.27. The molecule has 1 aliphatic carbocycles. The second-order valence-corrected chi connectivity index (χ2v) is 5.90. The Morgan fingerprint density at radius 3 is 2.50 bits per heavy atom. The molecule has 0 bridgehead atoms. The van der Waals surface area contributed by atoms with Crippen molar-refractivity contribution < 1.29 is 14.3 Å². The summed E-state index contributed by atoms with van der Waals surface area (Å²) in [6, 6.07) is 7.29. The first-order chi connectivity index (χ1) is 11.1. The van der Waals surface area contributed by atoms with Crippen molar-refractivity contribution >= 4 is 29.9 Å². The van der Waals surface area contributed by atoms with Crippen LogP contribution in [0.3, 0.4) is 0 Å². The van der Waals surface area contributed by atoms with Gasteiger partial charge in [-0.15, -0.1) is 12.4 Å². The molecule has 0 unspecified atom stereocenters. The summed E-state index contributed by atoms with van der Waals surface area (Å²) in [5.41, 5.74) is 6.73. The molecule has 7 heteroatoms. The van der Waals surface area contributed by atoms with Crippen LogP contribution in [0.5, 0.6) is 5.75 Å². The molecule has 2 atom stereocenters. The Hall–Kier alpha value is -1.79. The SMILES string of the molecule is CNC(=O)CCOc1ccc(NC(=O)C[C@@H]2CCC[C@H]2N)cc1.Cl. The maximum Gasteiger partial charge on any atom is 0.224 e. The molecule has 0 saturated heterocycles. The van der Waals surface area contributed by atoms with Gasteiger partial charge in [-0.2, -0.15) is 0 Å². The zero-order chi connectivity index (χ0) is 16.7. The van der Waals surface area contributed by atoms with E-state index in [4.69, 9.17) is 10.5 Å². The second kappa shape index (κ2) is 10.2. The number of hydrogen-bond donors (Lipinski definition) is 3. The number of amides is 2. The van der Waals surface area contributed by atoms with Crippen LogP contribution in [-0.2, 0) is 9.59 Å². The van der Waals surface area contributed by atoms with E-state index in [9.17, 15) is 9.59 Å². The Morgan fingerprint density at radius 2 is 1.92 bits per heavy atom. The maximum absolute atomic E-state index is 12.0. The fraction of sp³-hybridized carbons (Fsp3) is 0.529. The largest absolute Gasteiger partial charge is 0.493 e. The zero-order valence-electron chi connectivity index (χ0n) is 13.9. The summed E-state index contributed by atoms with van der Waals surface area (Å²) >= 11 is 0. The lowest BCUT2D eigenvalue weighted by Crippen LogP contribution is -2.28. The quantitative estimate of drug-likeness (QED) is 0.698. The van der Waals surface area contributed by atoms with Crippen LogP contribution in [-0.4, -0.2) is 31.5 Å². The lowest BCUT2D eigenvalue weighted by atomic mass is 10.00. The van der Waals surface area contributed by atoms with Gasteiger partial charge in [-0.1, -0.05) is 6.42 Å². The van der Waals surface area contributed by atoms with Gasteiger partial charge in [0, 0.05) is 25.2 Å². The summed E-state index contributed by atoms with van der Waals surface area (Å²) in [4.78, 5) is 23.1. The fourth-order valence-electron chi connectivity index (χ4n) is 2.79. The highest BCUT2D eigenvalue weighted by atomic mass is 35.5. The van der Waals surface area contributed by atoms with Gasteiger partial charge in [0.2, 0.25) is 11.8 Å². The normalized spacial score (nSPS) is 19.2. The summed E-state index contributed by atoms with van der Waals surface area (Å²) in [6.07, 6.45) is 3.95. The van der Waals surface area contributed by atoms with Crippen molar-refractivity contribution in [3.05, 3.63) is 24.3 Å². The number of nitrogens with two attached hydrogens (primary N) is 1. The van der Waals surface area contributed by atoms with Crippen molar-refractivity contribution in [1.82, 2.24) is 5.32 Å². The van der Waals surface area contributed by atoms with Crippen LogP contribution < -0.4 is 21.1 Å². The van der Waals surface area contributed by atoms with Crippen LogP contribution in [0, 0.1) is 5.92 Å². The molecule has 0 radical (unpaired) electrons. The van der Waals surface area contributed by atoms with Gasteiger partial charge in [-0.3, -0.25) is 9.59 Å². The van der Waals surface area contributed by atoms with Crippen molar-refractivity contribution in [2.24, 2.45) is 11.7 Å². The Morgan fingerprint density at radius 1 is 1.21 bits per heavy atom. The number of benzene rings is 1. The smallest absolute Gasteiger partial charge is 0.224 e. The molecule has 2 amide bonds. The van der Waals surface area contributed by atoms with E-state index < -0.39 is 0 Å². The zero-order valence-corrected chi connectivity index (χ0v) is 14.7. The van der Waals surface area contributed by atoms with E-state index in [-0.39, 0.29) is 30.3 Å². The minimum absolute atomic E-state index is 0. The van der Waals surface area contributed by atoms with Crippen LogP contribution in [0.1, 0.15) is 32.1 Å². The van der Waals surface area contributed by atoms with E-state index in [0.29, 0.717) is 31.1 Å². The van der Waals surface area contributed by atoms with Crippen LogP contribution in [0.25, 0.3) is 0 Å². The minimum atomic E-state index is -0.0565. The van der Waals surface area contributed by atoms with Crippen LogP contribution in [0.4, 0.5) is 5.69 Å². The average Bonchev–Trinajstić information content (AvgIpc) is 2.93. The number of nitrogens with one attached hydrogen (secondary N) is 2. The predicted molar refractivity (Wildman–Crippen MR) is 96.4 cm³/mol. The Balaban J connectivity index is 0.00000288. The summed E-state index contributed by atoms with van der Waals surface area (Å²) in [5.74, 6) is 0.909. The van der Waals surface area contributed by atoms with E-state index in [1.807, 2.05) is 0 Å². The molecular weight excluding hydrogens is 330 g/mol. The molecule has 0 aliphatic heterocycles. The fourth-order valence-corrected chi connectivity index (χ4v) is 2.79. The van der Waals surface area contributed by atoms with Crippen molar-refractivity contribution in [2.45, 2.75) is 38.1 Å². The number of carbonyl (C=O) groups is 2. The average molecular weight is 356 g/mol. The van der Waals surface area contributed by atoms with Crippen LogP contribution in [0.15, 0.2) is 24.3 Å². The maximum atomic E-state index is 12.0. The van der Waals surface area contributed by atoms with Crippen molar-refractivity contribution in [1.29, 1.82) is 0 Å². The first-order valence-corrected chi connectivity index (χ1v) is 8.07. The molecule has 1 aromatic carbocycles. The third-order valence-corrected chi connectivity index (χ3v) is 4.18. The topological polar surface area (TPSA) is 93.5 Å². The lowest BCUT2D eigenvalue weighted by Gasteiger charge is -2.15. The highest BCUT2D eigenvalue weighted by Gasteiger charge is 2.25. The number of ether oxygens (including phenoxy) is 1. The van der Waals surface area contributed by atoms with Gasteiger partial charge in [0.05, 0.1) is 13.0 Å². The van der Waals surface area contributed by atoms with E-state index in [0.717, 1.165) is 24.9 Å². The Kier molecular flexibility index (Phi) is 8.57. The molecule has 1 aromatic rings. The van der Waals surface area contributed by atoms with Crippen molar-refractivity contribution in [3.8, 4) is 5.75 Å². The van der Waals surface area contributed by atoms with Gasteiger partial charge in [-0.05, 0) is 43.0 Å². The van der Waals surface area contributed by atoms with Crippen molar-refractivity contribution in [3.63, 3.8) is 0 Å². The standard InChI is InChI=1S/C17H25N3O3.ClH/c1-19-16(21)9-10-23-14-7-5-13(6-8-14)20-17(22)11-12-3-2-4-15(12)18;/h5-8,12,15H,2-4,9-11,18H2,1H3,(H,19,21)(H,20,22);1H/t12-,15+;/m0./s1. The summed E-state index contributed by atoms with van der Waals surface area (Å²) in [6.45, 7) is 0.324. The summed E-state index contributed by atoms with van der Waals surface area (Å²) in [5, 5.41) is 5.43. The van der Waals surface area contributed by atoms with E-state index >= 15 is 0 Å². The molecular formula is C17H26ClN3O3. The van der Waals surface area contributed by atoms with Gasteiger partial charge < -0.3 is 21.1 Å².